The van der Waals surface area contributed by atoms with Crippen molar-refractivity contribution in [3.8, 4) is 33.9 Å². The highest BCUT2D eigenvalue weighted by Gasteiger charge is 2.30. The van der Waals surface area contributed by atoms with Crippen LogP contribution in [0.25, 0.3) is 39.2 Å². The van der Waals surface area contributed by atoms with Crippen LogP contribution in [0.3, 0.4) is 0 Å². The second-order valence-corrected chi connectivity index (χ2v) is 7.02. The minimum atomic E-state index is -4.73. The number of hydrogen-bond donors (Lipinski definition) is 1. The molecule has 0 spiro atoms. The summed E-state index contributed by atoms with van der Waals surface area (Å²) >= 11 is 0. The molecule has 0 bridgehead atoms. The van der Waals surface area contributed by atoms with Gasteiger partial charge in [0, 0.05) is 11.3 Å². The zero-order valence-corrected chi connectivity index (χ0v) is 16.3. The van der Waals surface area contributed by atoms with Gasteiger partial charge in [-0.15, -0.1) is 13.2 Å². The third-order valence-electron chi connectivity index (χ3n) is 4.90. The first kappa shape index (κ1) is 19.7. The molecule has 160 valence electrons. The van der Waals surface area contributed by atoms with Crippen molar-refractivity contribution in [1.82, 2.24) is 14.7 Å². The molecule has 5 aromatic rings. The average molecular weight is 437 g/mol. The van der Waals surface area contributed by atoms with E-state index in [0.29, 0.717) is 11.3 Å². The molecular formula is C23H14F3N3O3. The first-order chi connectivity index (χ1) is 15.4. The number of rotatable bonds is 4. The number of H-pyrrole nitrogens is 1. The zero-order chi connectivity index (χ0) is 22.3. The second-order valence-electron chi connectivity index (χ2n) is 7.02. The molecule has 9 heteroatoms. The summed E-state index contributed by atoms with van der Waals surface area (Å²) in [5, 5.41) is 2.27. The Morgan fingerprint density at radius 1 is 0.906 bits per heavy atom. The summed E-state index contributed by atoms with van der Waals surface area (Å²) in [5.41, 5.74) is 4.31. The second kappa shape index (κ2) is 7.45. The van der Waals surface area contributed by atoms with Gasteiger partial charge in [-0.2, -0.15) is 5.16 Å². The van der Waals surface area contributed by atoms with Crippen LogP contribution in [0.15, 0.2) is 88.4 Å². The van der Waals surface area contributed by atoms with Crippen molar-refractivity contribution in [2.45, 2.75) is 6.36 Å². The minimum Gasteiger partial charge on any atom is -0.406 e. The number of ether oxygens (including phenoxy) is 1. The molecule has 0 aliphatic heterocycles. The third kappa shape index (κ3) is 3.87. The number of alkyl halides is 3. The highest BCUT2D eigenvalue weighted by molar-refractivity contribution is 5.83. The highest BCUT2D eigenvalue weighted by atomic mass is 19.4. The maximum absolute atomic E-state index is 12.4. The molecule has 0 aliphatic carbocycles. The van der Waals surface area contributed by atoms with Gasteiger partial charge in [0.15, 0.2) is 5.76 Å². The van der Waals surface area contributed by atoms with E-state index in [4.69, 9.17) is 4.52 Å². The standard InChI is InChI=1S/C23H14F3N3O3/c24-23(25,26)31-18-7-4-14(5-8-18)15-2-1-3-17(10-15)29-13-27-19-9-6-16(11-20(19)29)21-12-22(30)28-32-21/h1-13H,(H,28,30). The maximum Gasteiger partial charge on any atom is 0.573 e. The van der Waals surface area contributed by atoms with E-state index >= 15 is 0 Å². The largest absolute Gasteiger partial charge is 0.573 e. The summed E-state index contributed by atoms with van der Waals surface area (Å²) in [6, 6.07) is 20.1. The lowest BCUT2D eigenvalue weighted by Crippen LogP contribution is -2.16. The van der Waals surface area contributed by atoms with Gasteiger partial charge in [0.2, 0.25) is 0 Å². The zero-order valence-electron chi connectivity index (χ0n) is 16.3. The van der Waals surface area contributed by atoms with Gasteiger partial charge in [-0.05, 0) is 53.6 Å². The van der Waals surface area contributed by atoms with E-state index in [1.165, 1.54) is 18.2 Å². The Morgan fingerprint density at radius 3 is 2.41 bits per heavy atom. The summed E-state index contributed by atoms with van der Waals surface area (Å²) in [4.78, 5) is 15.8. The molecule has 0 fully saturated rings. The van der Waals surface area contributed by atoms with Crippen LogP contribution in [0.5, 0.6) is 5.75 Å². The van der Waals surface area contributed by atoms with Gasteiger partial charge in [-0.1, -0.05) is 24.3 Å². The van der Waals surface area contributed by atoms with Crippen LogP contribution < -0.4 is 10.3 Å². The Morgan fingerprint density at radius 2 is 1.69 bits per heavy atom. The smallest absolute Gasteiger partial charge is 0.406 e. The number of hydrogen-bond acceptors (Lipinski definition) is 4. The quantitative estimate of drug-likeness (QED) is 0.401. The van der Waals surface area contributed by atoms with Crippen molar-refractivity contribution in [2.75, 3.05) is 0 Å². The first-order valence-electron chi connectivity index (χ1n) is 9.48. The van der Waals surface area contributed by atoms with Gasteiger partial charge in [0.25, 0.3) is 5.56 Å². The normalized spacial score (nSPS) is 11.7. The van der Waals surface area contributed by atoms with Gasteiger partial charge in [0.1, 0.15) is 12.1 Å². The summed E-state index contributed by atoms with van der Waals surface area (Å²) in [6.45, 7) is 0. The van der Waals surface area contributed by atoms with Crippen molar-refractivity contribution < 1.29 is 22.4 Å². The van der Waals surface area contributed by atoms with Gasteiger partial charge in [0.05, 0.1) is 17.1 Å². The molecule has 0 aliphatic rings. The fourth-order valence-electron chi connectivity index (χ4n) is 3.48. The predicted molar refractivity (Wildman–Crippen MR) is 112 cm³/mol. The molecule has 0 atom stereocenters. The fraction of sp³-hybridized carbons (Fsp3) is 0.0435. The van der Waals surface area contributed by atoms with Gasteiger partial charge in [-0.3, -0.25) is 9.36 Å². The SMILES string of the molecule is O=c1cc(-c2ccc3ncn(-c4cccc(-c5ccc(OC(F)(F)F)cc5)c4)c3c2)o[nH]1. The number of benzene rings is 3. The molecule has 0 radical (unpaired) electrons. The molecule has 5 rings (SSSR count). The van der Waals surface area contributed by atoms with Crippen molar-refractivity contribution in [2.24, 2.45) is 0 Å². The maximum atomic E-state index is 12.4. The molecule has 0 saturated carbocycles. The molecule has 32 heavy (non-hydrogen) atoms. The third-order valence-corrected chi connectivity index (χ3v) is 4.90. The van der Waals surface area contributed by atoms with Crippen LogP contribution in [0, 0.1) is 0 Å². The molecule has 0 amide bonds. The van der Waals surface area contributed by atoms with Gasteiger partial charge in [-0.25, -0.2) is 4.98 Å². The summed E-state index contributed by atoms with van der Waals surface area (Å²) in [7, 11) is 0. The molecule has 0 saturated heterocycles. The number of nitrogens with one attached hydrogen (secondary N) is 1. The van der Waals surface area contributed by atoms with E-state index in [1.54, 1.807) is 18.5 Å². The Hall–Kier alpha value is -4.27. The van der Waals surface area contributed by atoms with E-state index in [1.807, 2.05) is 47.0 Å². The van der Waals surface area contributed by atoms with Crippen LogP contribution >= 0.6 is 0 Å². The fourth-order valence-corrected chi connectivity index (χ4v) is 3.48. The molecule has 2 heterocycles. The number of aromatic amines is 1. The van der Waals surface area contributed by atoms with E-state index < -0.39 is 6.36 Å². The lowest BCUT2D eigenvalue weighted by Gasteiger charge is -2.10. The Kier molecular flexibility index (Phi) is 4.58. The molecule has 1 N–H and O–H groups in total. The summed E-state index contributed by atoms with van der Waals surface area (Å²) < 4.78 is 48.2. The lowest BCUT2D eigenvalue weighted by molar-refractivity contribution is -0.274. The van der Waals surface area contributed by atoms with Crippen LogP contribution in [-0.4, -0.2) is 21.1 Å². The minimum absolute atomic E-state index is 0.276. The number of aromatic nitrogens is 3. The van der Waals surface area contributed by atoms with Crippen molar-refractivity contribution in [3.05, 3.63) is 89.5 Å². The molecular weight excluding hydrogens is 423 g/mol. The number of fused-ring (bicyclic) bond motifs is 1. The highest BCUT2D eigenvalue weighted by Crippen LogP contribution is 2.29. The summed E-state index contributed by atoms with van der Waals surface area (Å²) in [6.07, 6.45) is -3.05. The van der Waals surface area contributed by atoms with Crippen molar-refractivity contribution >= 4 is 11.0 Å². The molecule has 6 nitrogen and oxygen atoms in total. The lowest BCUT2D eigenvalue weighted by atomic mass is 10.0. The van der Waals surface area contributed by atoms with E-state index in [2.05, 4.69) is 14.9 Å². The van der Waals surface area contributed by atoms with E-state index in [-0.39, 0.29) is 11.3 Å². The van der Waals surface area contributed by atoms with Crippen LogP contribution in [0.1, 0.15) is 0 Å². The van der Waals surface area contributed by atoms with Crippen LogP contribution in [0.2, 0.25) is 0 Å². The molecule has 2 aromatic heterocycles. The molecule has 0 unspecified atom stereocenters. The van der Waals surface area contributed by atoms with Gasteiger partial charge >= 0.3 is 6.36 Å². The number of nitrogens with zero attached hydrogens (tertiary/aromatic N) is 2. The number of halogens is 3. The Bertz CT molecular complexity index is 1460. The van der Waals surface area contributed by atoms with Crippen LogP contribution in [0.4, 0.5) is 13.2 Å². The first-order valence-corrected chi connectivity index (χ1v) is 9.48. The average Bonchev–Trinajstić information content (AvgIpc) is 3.39. The number of imidazole rings is 1. The predicted octanol–water partition coefficient (Wildman–Crippen LogP) is 5.54. The van der Waals surface area contributed by atoms with Crippen LogP contribution in [-0.2, 0) is 0 Å². The monoisotopic (exact) mass is 437 g/mol. The summed E-state index contributed by atoms with van der Waals surface area (Å²) in [5.74, 6) is 0.140. The van der Waals surface area contributed by atoms with E-state index in [0.717, 1.165) is 27.8 Å². The Balaban J connectivity index is 1.51. The van der Waals surface area contributed by atoms with Gasteiger partial charge < -0.3 is 9.26 Å². The van der Waals surface area contributed by atoms with Crippen molar-refractivity contribution in [1.29, 1.82) is 0 Å². The Labute approximate surface area is 178 Å². The van der Waals surface area contributed by atoms with Crippen molar-refractivity contribution in [3.63, 3.8) is 0 Å². The topological polar surface area (TPSA) is 73.1 Å². The van der Waals surface area contributed by atoms with E-state index in [9.17, 15) is 18.0 Å². The molecule has 3 aromatic carbocycles.